The van der Waals surface area contributed by atoms with Gasteiger partial charge in [0.1, 0.15) is 0 Å². The summed E-state index contributed by atoms with van der Waals surface area (Å²) in [5.41, 5.74) is -0.00629. The molecule has 1 aliphatic rings. The molecule has 132 valence electrons. The number of amides is 1. The van der Waals surface area contributed by atoms with Crippen molar-refractivity contribution in [1.82, 2.24) is 4.90 Å². The van der Waals surface area contributed by atoms with E-state index in [0.717, 1.165) is 17.1 Å². The van der Waals surface area contributed by atoms with Crippen LogP contribution in [-0.2, 0) is 15.0 Å². The van der Waals surface area contributed by atoms with Gasteiger partial charge in [0.2, 0.25) is 5.91 Å². The molecule has 0 bridgehead atoms. The number of unbranched alkanes of at least 4 members (excludes halogenated alkanes) is 1. The van der Waals surface area contributed by atoms with Crippen molar-refractivity contribution in [1.29, 1.82) is 0 Å². The number of carboxylic acids is 1. The Balaban J connectivity index is 1.89. The molecule has 0 saturated carbocycles. The summed E-state index contributed by atoms with van der Waals surface area (Å²) in [6.07, 6.45) is 3.91. The first-order valence-corrected chi connectivity index (χ1v) is 9.90. The third-order valence-electron chi connectivity index (χ3n) is 4.81. The number of hydrogen-bond donors (Lipinski definition) is 1. The van der Waals surface area contributed by atoms with Gasteiger partial charge >= 0.3 is 5.97 Å². The van der Waals surface area contributed by atoms with Crippen molar-refractivity contribution in [2.24, 2.45) is 0 Å². The number of carboxylic acid groups (broad SMARTS) is 1. The van der Waals surface area contributed by atoms with E-state index in [1.54, 1.807) is 0 Å². The Morgan fingerprint density at radius 1 is 1.17 bits per heavy atom. The normalized spacial score (nSPS) is 16.8. The molecule has 0 radical (unpaired) electrons. The molecule has 1 aliphatic heterocycles. The van der Waals surface area contributed by atoms with E-state index >= 15 is 0 Å². The second kappa shape index (κ2) is 9.11. The molecule has 1 aromatic rings. The molecule has 0 atom stereocenters. The van der Waals surface area contributed by atoms with Crippen LogP contribution < -0.4 is 0 Å². The van der Waals surface area contributed by atoms with Gasteiger partial charge in [-0.15, -0.1) is 0 Å². The highest BCUT2D eigenvalue weighted by Crippen LogP contribution is 2.36. The minimum atomic E-state index is -0.853. The largest absolute Gasteiger partial charge is 0.481 e. The van der Waals surface area contributed by atoms with Crippen molar-refractivity contribution in [2.75, 3.05) is 24.6 Å². The molecule has 0 spiro atoms. The standard InChI is InChI=1S/C19H27NO3S/c1-2-3-14-24-15-9-17(21)20-12-10-19(11-13-20,18(22)23)16-7-5-4-6-8-16/h4-8H,2-3,9-15H2,1H3,(H,22,23). The lowest BCUT2D eigenvalue weighted by Crippen LogP contribution is -2.49. The molecule has 0 aliphatic carbocycles. The van der Waals surface area contributed by atoms with Crippen molar-refractivity contribution in [3.05, 3.63) is 35.9 Å². The minimum absolute atomic E-state index is 0.158. The topological polar surface area (TPSA) is 57.6 Å². The van der Waals surface area contributed by atoms with Crippen LogP contribution in [0.2, 0.25) is 0 Å². The Kier molecular flexibility index (Phi) is 7.16. The predicted octanol–water partition coefficient (Wildman–Crippen LogP) is 3.55. The Morgan fingerprint density at radius 2 is 1.83 bits per heavy atom. The number of hydrogen-bond acceptors (Lipinski definition) is 3. The lowest BCUT2D eigenvalue weighted by molar-refractivity contribution is -0.148. The van der Waals surface area contributed by atoms with E-state index in [1.165, 1.54) is 12.8 Å². The van der Waals surface area contributed by atoms with Crippen LogP contribution in [0.3, 0.4) is 0 Å². The highest BCUT2D eigenvalue weighted by molar-refractivity contribution is 7.99. The quantitative estimate of drug-likeness (QED) is 0.729. The average Bonchev–Trinajstić information content (AvgIpc) is 2.62. The van der Waals surface area contributed by atoms with E-state index in [9.17, 15) is 14.7 Å². The van der Waals surface area contributed by atoms with Gasteiger partial charge in [-0.25, -0.2) is 0 Å². The van der Waals surface area contributed by atoms with Crippen LogP contribution in [-0.4, -0.2) is 46.5 Å². The Hall–Kier alpha value is -1.49. The van der Waals surface area contributed by atoms with Gasteiger partial charge in [0.05, 0.1) is 5.41 Å². The number of nitrogens with zero attached hydrogens (tertiary/aromatic N) is 1. The molecule has 1 amide bonds. The summed E-state index contributed by atoms with van der Waals surface area (Å²) in [6, 6.07) is 9.43. The van der Waals surface area contributed by atoms with Crippen LogP contribution in [0.5, 0.6) is 0 Å². The monoisotopic (exact) mass is 349 g/mol. The molecule has 1 heterocycles. The smallest absolute Gasteiger partial charge is 0.314 e. The lowest BCUT2D eigenvalue weighted by Gasteiger charge is -2.39. The van der Waals surface area contributed by atoms with E-state index in [4.69, 9.17) is 0 Å². The number of carbonyl (C=O) groups excluding carboxylic acids is 1. The molecule has 1 saturated heterocycles. The Bertz CT molecular complexity index is 539. The number of thioether (sulfide) groups is 1. The number of aliphatic carboxylic acids is 1. The van der Waals surface area contributed by atoms with Gasteiger partial charge in [0, 0.05) is 25.3 Å². The van der Waals surface area contributed by atoms with Gasteiger partial charge in [0.15, 0.2) is 0 Å². The second-order valence-electron chi connectivity index (χ2n) is 6.35. The van der Waals surface area contributed by atoms with Crippen molar-refractivity contribution < 1.29 is 14.7 Å². The molecule has 1 aromatic carbocycles. The van der Waals surface area contributed by atoms with Crippen molar-refractivity contribution in [3.8, 4) is 0 Å². The van der Waals surface area contributed by atoms with Crippen LogP contribution >= 0.6 is 11.8 Å². The van der Waals surface area contributed by atoms with Gasteiger partial charge in [0.25, 0.3) is 0 Å². The zero-order valence-corrected chi connectivity index (χ0v) is 15.2. The zero-order valence-electron chi connectivity index (χ0n) is 14.4. The van der Waals surface area contributed by atoms with Crippen LogP contribution in [0.1, 0.15) is 44.6 Å². The number of carbonyl (C=O) groups is 2. The summed E-state index contributed by atoms with van der Waals surface area (Å²) in [6.45, 7) is 3.22. The molecule has 0 aromatic heterocycles. The molecule has 2 rings (SSSR count). The first-order valence-electron chi connectivity index (χ1n) is 8.74. The van der Waals surface area contributed by atoms with Crippen molar-refractivity contribution in [2.45, 2.75) is 44.4 Å². The highest BCUT2D eigenvalue weighted by atomic mass is 32.2. The van der Waals surface area contributed by atoms with E-state index in [2.05, 4.69) is 6.92 Å². The summed E-state index contributed by atoms with van der Waals surface area (Å²) in [5, 5.41) is 9.78. The molecular formula is C19H27NO3S. The van der Waals surface area contributed by atoms with Crippen LogP contribution in [0, 0.1) is 0 Å². The number of rotatable bonds is 8. The molecule has 1 fully saturated rings. The first kappa shape index (κ1) is 18.8. The van der Waals surface area contributed by atoms with Gasteiger partial charge in [-0.05, 0) is 30.6 Å². The van der Waals surface area contributed by atoms with Crippen molar-refractivity contribution >= 4 is 23.6 Å². The summed E-state index contributed by atoms with van der Waals surface area (Å²) < 4.78 is 0. The number of likely N-dealkylation sites (tertiary alicyclic amines) is 1. The minimum Gasteiger partial charge on any atom is -0.481 e. The average molecular weight is 349 g/mol. The van der Waals surface area contributed by atoms with Gasteiger partial charge < -0.3 is 10.0 Å². The number of benzene rings is 1. The molecule has 4 nitrogen and oxygen atoms in total. The lowest BCUT2D eigenvalue weighted by atomic mass is 9.73. The summed E-state index contributed by atoms with van der Waals surface area (Å²) in [7, 11) is 0. The van der Waals surface area contributed by atoms with Crippen LogP contribution in [0.15, 0.2) is 30.3 Å². The van der Waals surface area contributed by atoms with Crippen LogP contribution in [0.4, 0.5) is 0 Å². The summed E-state index contributed by atoms with van der Waals surface area (Å²) in [4.78, 5) is 26.1. The second-order valence-corrected chi connectivity index (χ2v) is 7.57. The maximum absolute atomic E-state index is 12.3. The maximum Gasteiger partial charge on any atom is 0.314 e. The van der Waals surface area contributed by atoms with Gasteiger partial charge in [-0.3, -0.25) is 9.59 Å². The highest BCUT2D eigenvalue weighted by Gasteiger charge is 2.43. The first-order chi connectivity index (χ1) is 11.6. The van der Waals surface area contributed by atoms with Crippen LogP contribution in [0.25, 0.3) is 0 Å². The van der Waals surface area contributed by atoms with E-state index < -0.39 is 11.4 Å². The number of piperidine rings is 1. The fourth-order valence-electron chi connectivity index (χ4n) is 3.19. The molecule has 0 unspecified atom stereocenters. The third kappa shape index (κ3) is 4.53. The molecule has 24 heavy (non-hydrogen) atoms. The fraction of sp³-hybridized carbons (Fsp3) is 0.579. The molecule has 5 heteroatoms. The molecule has 1 N–H and O–H groups in total. The fourth-order valence-corrected chi connectivity index (χ4v) is 4.20. The van der Waals surface area contributed by atoms with Gasteiger partial charge in [-0.1, -0.05) is 43.7 Å². The van der Waals surface area contributed by atoms with E-state index in [-0.39, 0.29) is 5.91 Å². The summed E-state index contributed by atoms with van der Waals surface area (Å²) in [5.74, 6) is 1.35. The predicted molar refractivity (Wildman–Crippen MR) is 98.4 cm³/mol. The SMILES string of the molecule is CCCCSCCC(=O)N1CCC(C(=O)O)(c2ccccc2)CC1. The summed E-state index contributed by atoms with van der Waals surface area (Å²) >= 11 is 1.83. The maximum atomic E-state index is 12.3. The van der Waals surface area contributed by atoms with E-state index in [1.807, 2.05) is 47.0 Å². The molecular weight excluding hydrogens is 322 g/mol. The van der Waals surface area contributed by atoms with Crippen molar-refractivity contribution in [3.63, 3.8) is 0 Å². The Labute approximate surface area is 148 Å². The Morgan fingerprint density at radius 3 is 2.42 bits per heavy atom. The van der Waals surface area contributed by atoms with Gasteiger partial charge in [-0.2, -0.15) is 11.8 Å². The zero-order chi connectivity index (χ0) is 17.4. The third-order valence-corrected chi connectivity index (χ3v) is 5.88. The van der Waals surface area contributed by atoms with E-state index in [0.29, 0.717) is 32.4 Å².